The molecule has 1 atom stereocenters. The van der Waals surface area contributed by atoms with Crippen molar-refractivity contribution in [1.29, 1.82) is 0 Å². The molecule has 1 N–H and O–H groups in total. The van der Waals surface area contributed by atoms with Crippen LogP contribution in [0.1, 0.15) is 31.1 Å². The summed E-state index contributed by atoms with van der Waals surface area (Å²) in [5.74, 6) is 0.122. The second-order valence-electron chi connectivity index (χ2n) is 4.64. The molecule has 0 bridgehead atoms. The standard InChI is InChI=1S/C10H13N7O2/c18-10(19)3-8(7-1-2-7)17-9(13-14-15-17)4-16-6-11-5-12-16/h5-8H,1-4H2,(H,18,19). The van der Waals surface area contributed by atoms with Gasteiger partial charge in [-0.2, -0.15) is 5.10 Å². The highest BCUT2D eigenvalue weighted by atomic mass is 16.4. The molecular weight excluding hydrogens is 250 g/mol. The molecule has 1 aliphatic carbocycles. The van der Waals surface area contributed by atoms with Crippen LogP contribution < -0.4 is 0 Å². The van der Waals surface area contributed by atoms with E-state index in [1.165, 1.54) is 6.33 Å². The van der Waals surface area contributed by atoms with Crippen LogP contribution in [0.3, 0.4) is 0 Å². The molecule has 3 rings (SSSR count). The highest BCUT2D eigenvalue weighted by Crippen LogP contribution is 2.41. The molecule has 9 heteroatoms. The number of aliphatic carboxylic acids is 1. The number of aromatic nitrogens is 7. The summed E-state index contributed by atoms with van der Waals surface area (Å²) in [6.07, 6.45) is 5.10. The van der Waals surface area contributed by atoms with Crippen molar-refractivity contribution in [2.24, 2.45) is 5.92 Å². The molecule has 2 aromatic rings. The molecule has 1 aliphatic rings. The van der Waals surface area contributed by atoms with Crippen molar-refractivity contribution in [1.82, 2.24) is 35.0 Å². The normalized spacial score (nSPS) is 16.4. The predicted molar refractivity (Wildman–Crippen MR) is 61.0 cm³/mol. The number of nitrogens with zero attached hydrogens (tertiary/aromatic N) is 7. The SMILES string of the molecule is O=C(O)CC(C1CC1)n1nnnc1Cn1cncn1. The summed E-state index contributed by atoms with van der Waals surface area (Å²) < 4.78 is 3.22. The molecule has 1 fully saturated rings. The van der Waals surface area contributed by atoms with Crippen LogP contribution in [0.5, 0.6) is 0 Å². The van der Waals surface area contributed by atoms with Crippen molar-refractivity contribution >= 4 is 5.97 Å². The summed E-state index contributed by atoms with van der Waals surface area (Å²) in [6.45, 7) is 0.385. The van der Waals surface area contributed by atoms with E-state index in [0.29, 0.717) is 18.3 Å². The van der Waals surface area contributed by atoms with E-state index >= 15 is 0 Å². The first-order chi connectivity index (χ1) is 9.24. The highest BCUT2D eigenvalue weighted by Gasteiger charge is 2.36. The molecule has 0 aliphatic heterocycles. The molecule has 2 aromatic heterocycles. The van der Waals surface area contributed by atoms with Crippen LogP contribution >= 0.6 is 0 Å². The van der Waals surface area contributed by atoms with Gasteiger partial charge in [0.05, 0.1) is 12.5 Å². The number of rotatable bonds is 6. The fourth-order valence-corrected chi connectivity index (χ4v) is 2.15. The van der Waals surface area contributed by atoms with Crippen molar-refractivity contribution in [2.75, 3.05) is 0 Å². The van der Waals surface area contributed by atoms with Gasteiger partial charge in [0, 0.05) is 0 Å². The molecule has 0 aromatic carbocycles. The molecule has 9 nitrogen and oxygen atoms in total. The van der Waals surface area contributed by atoms with Gasteiger partial charge in [0.2, 0.25) is 0 Å². The van der Waals surface area contributed by atoms with E-state index in [-0.39, 0.29) is 12.5 Å². The number of hydrogen-bond donors (Lipinski definition) is 1. The van der Waals surface area contributed by atoms with Crippen molar-refractivity contribution in [3.63, 3.8) is 0 Å². The lowest BCUT2D eigenvalue weighted by Crippen LogP contribution is -2.20. The van der Waals surface area contributed by atoms with Gasteiger partial charge in [0.25, 0.3) is 0 Å². The summed E-state index contributed by atoms with van der Waals surface area (Å²) in [4.78, 5) is 14.8. The topological polar surface area (TPSA) is 112 Å². The van der Waals surface area contributed by atoms with E-state index in [0.717, 1.165) is 12.8 Å². The first-order valence-electron chi connectivity index (χ1n) is 6.05. The Kier molecular flexibility index (Phi) is 2.94. The van der Waals surface area contributed by atoms with Gasteiger partial charge in [-0.25, -0.2) is 14.3 Å². The number of carbonyl (C=O) groups is 1. The summed E-state index contributed by atoms with van der Waals surface area (Å²) in [6, 6.07) is -0.175. The average Bonchev–Trinajstić information content (AvgIpc) is 2.89. The van der Waals surface area contributed by atoms with E-state index in [2.05, 4.69) is 25.6 Å². The molecule has 1 saturated carbocycles. The molecule has 1 unspecified atom stereocenters. The smallest absolute Gasteiger partial charge is 0.305 e. The zero-order valence-electron chi connectivity index (χ0n) is 10.1. The van der Waals surface area contributed by atoms with Gasteiger partial charge >= 0.3 is 5.97 Å². The monoisotopic (exact) mass is 263 g/mol. The second kappa shape index (κ2) is 4.75. The highest BCUT2D eigenvalue weighted by molar-refractivity contribution is 5.67. The fraction of sp³-hybridized carbons (Fsp3) is 0.600. The third-order valence-corrected chi connectivity index (χ3v) is 3.20. The first kappa shape index (κ1) is 11.8. The summed E-state index contributed by atoms with van der Waals surface area (Å²) >= 11 is 0. The van der Waals surface area contributed by atoms with Crippen molar-refractivity contribution in [2.45, 2.75) is 31.8 Å². The van der Waals surface area contributed by atoms with Crippen LogP contribution in [0.25, 0.3) is 0 Å². The minimum atomic E-state index is -0.834. The third-order valence-electron chi connectivity index (χ3n) is 3.20. The zero-order chi connectivity index (χ0) is 13.2. The third kappa shape index (κ3) is 2.59. The summed E-state index contributed by atoms with van der Waals surface area (Å²) in [5.41, 5.74) is 0. The Labute approximate surface area is 108 Å². The Balaban J connectivity index is 1.82. The number of carboxylic acid groups (broad SMARTS) is 1. The van der Waals surface area contributed by atoms with Gasteiger partial charge in [-0.3, -0.25) is 4.79 Å². The predicted octanol–water partition coefficient (Wildman–Crippen LogP) is -0.261. The Morgan fingerprint density at radius 2 is 2.37 bits per heavy atom. The molecular formula is C10H13N7O2. The van der Waals surface area contributed by atoms with E-state index in [1.807, 2.05) is 0 Å². The van der Waals surface area contributed by atoms with Gasteiger partial charge in [-0.1, -0.05) is 0 Å². The maximum absolute atomic E-state index is 11.0. The minimum Gasteiger partial charge on any atom is -0.481 e. The quantitative estimate of drug-likeness (QED) is 0.763. The number of hydrogen-bond acceptors (Lipinski definition) is 6. The average molecular weight is 263 g/mol. The van der Waals surface area contributed by atoms with Gasteiger partial charge in [0.15, 0.2) is 5.82 Å². The largest absolute Gasteiger partial charge is 0.481 e. The van der Waals surface area contributed by atoms with E-state index in [1.54, 1.807) is 15.7 Å². The van der Waals surface area contributed by atoms with Gasteiger partial charge in [-0.15, -0.1) is 5.10 Å². The maximum atomic E-state index is 11.0. The second-order valence-corrected chi connectivity index (χ2v) is 4.64. The zero-order valence-corrected chi connectivity index (χ0v) is 10.1. The molecule has 0 radical (unpaired) electrons. The Morgan fingerprint density at radius 1 is 1.53 bits per heavy atom. The summed E-state index contributed by atoms with van der Waals surface area (Å²) in [5, 5.41) is 24.5. The van der Waals surface area contributed by atoms with Crippen LogP contribution in [0.15, 0.2) is 12.7 Å². The van der Waals surface area contributed by atoms with Gasteiger partial charge in [-0.05, 0) is 29.2 Å². The Hall–Kier alpha value is -2.32. The minimum absolute atomic E-state index is 0.0417. The van der Waals surface area contributed by atoms with Crippen molar-refractivity contribution in [3.05, 3.63) is 18.5 Å². The summed E-state index contributed by atoms with van der Waals surface area (Å²) in [7, 11) is 0. The lowest BCUT2D eigenvalue weighted by atomic mass is 10.1. The number of carboxylic acids is 1. The molecule has 0 spiro atoms. The van der Waals surface area contributed by atoms with Crippen molar-refractivity contribution < 1.29 is 9.90 Å². The maximum Gasteiger partial charge on any atom is 0.305 e. The molecule has 2 heterocycles. The Bertz CT molecular complexity index is 560. The van der Waals surface area contributed by atoms with Crippen LogP contribution in [0.4, 0.5) is 0 Å². The molecule has 19 heavy (non-hydrogen) atoms. The molecule has 100 valence electrons. The first-order valence-corrected chi connectivity index (χ1v) is 6.05. The van der Waals surface area contributed by atoms with Crippen LogP contribution in [0, 0.1) is 5.92 Å². The van der Waals surface area contributed by atoms with Crippen molar-refractivity contribution in [3.8, 4) is 0 Å². The van der Waals surface area contributed by atoms with Crippen LogP contribution in [-0.4, -0.2) is 46.0 Å². The lowest BCUT2D eigenvalue weighted by Gasteiger charge is -2.15. The van der Waals surface area contributed by atoms with Crippen LogP contribution in [-0.2, 0) is 11.3 Å². The van der Waals surface area contributed by atoms with Gasteiger partial charge < -0.3 is 5.11 Å². The lowest BCUT2D eigenvalue weighted by molar-refractivity contribution is -0.138. The Morgan fingerprint density at radius 3 is 3.00 bits per heavy atom. The fourth-order valence-electron chi connectivity index (χ4n) is 2.15. The molecule has 0 amide bonds. The van der Waals surface area contributed by atoms with Gasteiger partial charge in [0.1, 0.15) is 19.2 Å². The van der Waals surface area contributed by atoms with E-state index < -0.39 is 5.97 Å². The number of tetrazole rings is 1. The van der Waals surface area contributed by atoms with E-state index in [9.17, 15) is 4.79 Å². The van der Waals surface area contributed by atoms with E-state index in [4.69, 9.17) is 5.11 Å². The molecule has 0 saturated heterocycles. The van der Waals surface area contributed by atoms with Crippen LogP contribution in [0.2, 0.25) is 0 Å².